The van der Waals surface area contributed by atoms with E-state index >= 15 is 0 Å². The van der Waals surface area contributed by atoms with Crippen LogP contribution in [0.15, 0.2) is 60.0 Å². The molecule has 0 spiro atoms. The smallest absolute Gasteiger partial charge is 0.282 e. The Bertz CT molecular complexity index is 1150. The largest absolute Gasteiger partial charge is 0.289 e. The first kappa shape index (κ1) is 16.0. The number of nitrogens with two attached hydrogens (primary N) is 1. The number of nitrogens with zero attached hydrogens (tertiary/aromatic N) is 3. The van der Waals surface area contributed by atoms with Gasteiger partial charge in [0, 0.05) is 16.3 Å². The maximum Gasteiger partial charge on any atom is 0.282 e. The molecule has 6 nitrogen and oxygen atoms in total. The van der Waals surface area contributed by atoms with Crippen molar-refractivity contribution in [2.24, 2.45) is 5.84 Å². The fraction of sp³-hybridized carbons (Fsp3) is 0. The number of benzene rings is 2. The number of hydrogen-bond donors (Lipinski definition) is 2. The zero-order chi connectivity index (χ0) is 18.1. The molecule has 0 aliphatic carbocycles. The number of hydrogen-bond acceptors (Lipinski definition) is 5. The molecule has 2 heterocycles. The molecule has 3 N–H and O–H groups in total. The molecular formula is C19H13N5OS. The van der Waals surface area contributed by atoms with Crippen LogP contribution in [-0.4, -0.2) is 15.5 Å². The van der Waals surface area contributed by atoms with E-state index in [0.717, 1.165) is 22.2 Å². The lowest BCUT2D eigenvalue weighted by atomic mass is 10.1. The molecule has 0 bridgehead atoms. The van der Waals surface area contributed by atoms with Crippen LogP contribution in [0.5, 0.6) is 0 Å². The van der Waals surface area contributed by atoms with Gasteiger partial charge in [-0.25, -0.2) is 10.8 Å². The molecule has 0 aliphatic heterocycles. The summed E-state index contributed by atoms with van der Waals surface area (Å²) >= 11 is 1.43. The predicted octanol–water partition coefficient (Wildman–Crippen LogP) is 3.23. The van der Waals surface area contributed by atoms with Gasteiger partial charge >= 0.3 is 0 Å². The van der Waals surface area contributed by atoms with Crippen LogP contribution >= 0.6 is 11.3 Å². The van der Waals surface area contributed by atoms with Crippen LogP contribution in [0.2, 0.25) is 0 Å². The van der Waals surface area contributed by atoms with Gasteiger partial charge in [0.1, 0.15) is 5.69 Å². The van der Waals surface area contributed by atoms with Crippen LogP contribution < -0.4 is 11.3 Å². The summed E-state index contributed by atoms with van der Waals surface area (Å²) in [7, 11) is 0. The standard InChI is InChI=1S/C19H13N5OS/c20-10-12-5-7-13(8-6-12)15-11-26-19(22-15)24-16-4-2-1-3-14(16)9-17(24)18(25)23-21/h1-9,11H,21H2,(H,23,25). The van der Waals surface area contributed by atoms with Gasteiger partial charge in [0.25, 0.3) is 5.91 Å². The Morgan fingerprint density at radius 3 is 2.69 bits per heavy atom. The van der Waals surface area contributed by atoms with E-state index in [0.29, 0.717) is 16.4 Å². The summed E-state index contributed by atoms with van der Waals surface area (Å²) in [6, 6.07) is 18.8. The Kier molecular flexibility index (Phi) is 3.97. The molecule has 4 rings (SSSR count). The lowest BCUT2D eigenvalue weighted by Crippen LogP contribution is -2.31. The fourth-order valence-electron chi connectivity index (χ4n) is 2.82. The summed E-state index contributed by atoms with van der Waals surface area (Å²) in [6.45, 7) is 0. The number of rotatable bonds is 3. The van der Waals surface area contributed by atoms with Crippen molar-refractivity contribution in [1.82, 2.24) is 15.0 Å². The van der Waals surface area contributed by atoms with Crippen molar-refractivity contribution >= 4 is 28.1 Å². The molecule has 0 fully saturated rings. The summed E-state index contributed by atoms with van der Waals surface area (Å²) in [5, 5.41) is 12.4. The normalized spacial score (nSPS) is 10.6. The van der Waals surface area contributed by atoms with E-state index in [-0.39, 0.29) is 5.91 Å². The third-order valence-corrected chi connectivity index (χ3v) is 4.89. The zero-order valence-corrected chi connectivity index (χ0v) is 14.3. The number of nitrogen functional groups attached to an aromatic ring is 1. The number of aromatic nitrogens is 2. The van der Waals surface area contributed by atoms with E-state index in [1.165, 1.54) is 11.3 Å². The molecular weight excluding hydrogens is 346 g/mol. The van der Waals surface area contributed by atoms with Gasteiger partial charge in [0.15, 0.2) is 5.13 Å². The number of hydrazine groups is 1. The maximum atomic E-state index is 12.2. The Morgan fingerprint density at radius 2 is 1.96 bits per heavy atom. The van der Waals surface area contributed by atoms with E-state index in [1.54, 1.807) is 22.8 Å². The third kappa shape index (κ3) is 2.63. The van der Waals surface area contributed by atoms with Gasteiger partial charge in [-0.3, -0.25) is 14.8 Å². The lowest BCUT2D eigenvalue weighted by molar-refractivity contribution is 0.0947. The summed E-state index contributed by atoms with van der Waals surface area (Å²) in [5.41, 5.74) is 5.79. The number of nitrogens with one attached hydrogen (secondary N) is 1. The molecule has 26 heavy (non-hydrogen) atoms. The van der Waals surface area contributed by atoms with Crippen molar-refractivity contribution in [3.63, 3.8) is 0 Å². The second-order valence-electron chi connectivity index (χ2n) is 5.60. The molecule has 2 aromatic carbocycles. The summed E-state index contributed by atoms with van der Waals surface area (Å²) in [4.78, 5) is 16.9. The first-order valence-electron chi connectivity index (χ1n) is 7.79. The van der Waals surface area contributed by atoms with E-state index in [2.05, 4.69) is 16.5 Å². The molecule has 0 saturated heterocycles. The first-order valence-corrected chi connectivity index (χ1v) is 8.67. The van der Waals surface area contributed by atoms with E-state index in [4.69, 9.17) is 11.1 Å². The molecule has 126 valence electrons. The predicted molar refractivity (Wildman–Crippen MR) is 101 cm³/mol. The second-order valence-corrected chi connectivity index (χ2v) is 6.44. The number of fused-ring (bicyclic) bond motifs is 1. The van der Waals surface area contributed by atoms with Crippen LogP contribution in [0.4, 0.5) is 0 Å². The average Bonchev–Trinajstić information content (AvgIpc) is 3.32. The van der Waals surface area contributed by atoms with Crippen LogP contribution in [0.1, 0.15) is 16.1 Å². The van der Waals surface area contributed by atoms with Crippen LogP contribution in [-0.2, 0) is 0 Å². The van der Waals surface area contributed by atoms with E-state index in [9.17, 15) is 4.79 Å². The van der Waals surface area contributed by atoms with Gasteiger partial charge in [-0.2, -0.15) is 5.26 Å². The van der Waals surface area contributed by atoms with Crippen molar-refractivity contribution in [2.45, 2.75) is 0 Å². The number of carbonyl (C=O) groups excluding carboxylic acids is 1. The minimum atomic E-state index is -0.378. The average molecular weight is 359 g/mol. The molecule has 0 unspecified atom stereocenters. The van der Waals surface area contributed by atoms with E-state index in [1.807, 2.05) is 41.8 Å². The van der Waals surface area contributed by atoms with Crippen molar-refractivity contribution < 1.29 is 4.79 Å². The van der Waals surface area contributed by atoms with E-state index < -0.39 is 0 Å². The van der Waals surface area contributed by atoms with Crippen molar-refractivity contribution in [1.29, 1.82) is 5.26 Å². The lowest BCUT2D eigenvalue weighted by Gasteiger charge is -2.06. The van der Waals surface area contributed by atoms with Crippen molar-refractivity contribution in [3.8, 4) is 22.5 Å². The molecule has 0 atom stereocenters. The molecule has 0 aliphatic rings. The highest BCUT2D eigenvalue weighted by atomic mass is 32.1. The zero-order valence-electron chi connectivity index (χ0n) is 13.5. The topological polar surface area (TPSA) is 96.7 Å². The third-order valence-electron chi connectivity index (χ3n) is 4.07. The minimum Gasteiger partial charge on any atom is -0.289 e. The molecule has 1 amide bonds. The van der Waals surface area contributed by atoms with Crippen molar-refractivity contribution in [2.75, 3.05) is 0 Å². The Balaban J connectivity index is 1.84. The Hall–Kier alpha value is -3.47. The van der Waals surface area contributed by atoms with Crippen LogP contribution in [0.3, 0.4) is 0 Å². The number of amides is 1. The van der Waals surface area contributed by atoms with Crippen molar-refractivity contribution in [3.05, 3.63) is 71.2 Å². The number of para-hydroxylation sites is 1. The van der Waals surface area contributed by atoms with Gasteiger partial charge in [0.05, 0.1) is 22.8 Å². The number of thiazole rings is 1. The number of carbonyl (C=O) groups is 1. The quantitative estimate of drug-likeness (QED) is 0.333. The van der Waals surface area contributed by atoms with Gasteiger partial charge in [0.2, 0.25) is 0 Å². The first-order chi connectivity index (χ1) is 12.7. The monoisotopic (exact) mass is 359 g/mol. The second kappa shape index (κ2) is 6.44. The fourth-order valence-corrected chi connectivity index (χ4v) is 3.68. The molecule has 0 radical (unpaired) electrons. The maximum absolute atomic E-state index is 12.2. The highest BCUT2D eigenvalue weighted by Crippen LogP contribution is 2.29. The molecule has 2 aromatic heterocycles. The van der Waals surface area contributed by atoms with Gasteiger partial charge in [-0.05, 0) is 24.3 Å². The Morgan fingerprint density at radius 1 is 1.19 bits per heavy atom. The SMILES string of the molecule is N#Cc1ccc(-c2csc(-n3c(C(=O)NN)cc4ccccc43)n2)cc1. The van der Waals surface area contributed by atoms with Gasteiger partial charge in [-0.1, -0.05) is 30.3 Å². The highest BCUT2D eigenvalue weighted by Gasteiger charge is 2.18. The molecule has 4 aromatic rings. The number of nitriles is 1. The van der Waals surface area contributed by atoms with Gasteiger partial charge < -0.3 is 0 Å². The summed E-state index contributed by atoms with van der Waals surface area (Å²) in [6.07, 6.45) is 0. The molecule has 0 saturated carbocycles. The van der Waals surface area contributed by atoms with Gasteiger partial charge in [-0.15, -0.1) is 11.3 Å². The molecule has 7 heteroatoms. The highest BCUT2D eigenvalue weighted by molar-refractivity contribution is 7.12. The summed E-state index contributed by atoms with van der Waals surface area (Å²) < 4.78 is 1.80. The minimum absolute atomic E-state index is 0.378. The Labute approximate surface area is 153 Å². The summed E-state index contributed by atoms with van der Waals surface area (Å²) in [5.74, 6) is 4.96. The van der Waals surface area contributed by atoms with Crippen LogP contribution in [0.25, 0.3) is 27.3 Å². The van der Waals surface area contributed by atoms with Crippen LogP contribution in [0, 0.1) is 11.3 Å².